The van der Waals surface area contributed by atoms with Crippen molar-refractivity contribution in [1.82, 2.24) is 15.1 Å². The fourth-order valence-electron chi connectivity index (χ4n) is 3.66. The minimum Gasteiger partial charge on any atom is -0.353 e. The molecule has 0 radical (unpaired) electrons. The molecule has 1 aliphatic carbocycles. The van der Waals surface area contributed by atoms with Crippen molar-refractivity contribution in [2.75, 3.05) is 39.8 Å². The summed E-state index contributed by atoms with van der Waals surface area (Å²) in [6, 6.07) is 4.13. The monoisotopic (exact) mass is 350 g/mol. The van der Waals surface area contributed by atoms with Crippen molar-refractivity contribution in [2.45, 2.75) is 32.2 Å². The fourth-order valence-corrected chi connectivity index (χ4v) is 3.66. The zero-order valence-corrected chi connectivity index (χ0v) is 15.3. The molecule has 2 unspecified atom stereocenters. The van der Waals surface area contributed by atoms with Gasteiger partial charge in [0.1, 0.15) is 11.6 Å². The lowest BCUT2D eigenvalue weighted by atomic mass is 10.1. The van der Waals surface area contributed by atoms with E-state index < -0.39 is 11.6 Å². The van der Waals surface area contributed by atoms with E-state index in [1.807, 2.05) is 0 Å². The average molecular weight is 350 g/mol. The summed E-state index contributed by atoms with van der Waals surface area (Å²) in [4.78, 5) is 9.09. The maximum absolute atomic E-state index is 13.9. The summed E-state index contributed by atoms with van der Waals surface area (Å²) in [5.74, 6) is 0.499. The predicted octanol–water partition coefficient (Wildman–Crippen LogP) is 2.67. The zero-order chi connectivity index (χ0) is 18.0. The summed E-state index contributed by atoms with van der Waals surface area (Å²) in [5, 5.41) is 3.39. The maximum atomic E-state index is 13.9. The predicted molar refractivity (Wildman–Crippen MR) is 96.8 cm³/mol. The van der Waals surface area contributed by atoms with Gasteiger partial charge < -0.3 is 10.2 Å². The maximum Gasteiger partial charge on any atom is 0.193 e. The number of hydrogen-bond donors (Lipinski definition) is 1. The third-order valence-corrected chi connectivity index (χ3v) is 4.98. The van der Waals surface area contributed by atoms with Gasteiger partial charge in [-0.15, -0.1) is 0 Å². The first-order valence-electron chi connectivity index (χ1n) is 9.14. The number of rotatable bonds is 4. The highest BCUT2D eigenvalue weighted by Gasteiger charge is 2.43. The van der Waals surface area contributed by atoms with Crippen LogP contribution in [-0.4, -0.2) is 61.6 Å². The van der Waals surface area contributed by atoms with E-state index in [9.17, 15) is 8.78 Å². The Kier molecular flexibility index (Phi) is 5.57. The van der Waals surface area contributed by atoms with E-state index in [4.69, 9.17) is 0 Å². The Morgan fingerprint density at radius 3 is 2.40 bits per heavy atom. The molecule has 25 heavy (non-hydrogen) atoms. The summed E-state index contributed by atoms with van der Waals surface area (Å²) in [6.45, 7) is 9.50. The second kappa shape index (κ2) is 7.68. The van der Waals surface area contributed by atoms with Crippen LogP contribution < -0.4 is 5.32 Å². The standard InChI is InChI=1S/C19H28F2N4/c1-13(2)12-24-7-9-25(10-8-24)19(22-3)23-17-11-14(17)18-15(20)5-4-6-16(18)21/h4-6,13-14,17H,7-12H2,1-3H3,(H,22,23). The van der Waals surface area contributed by atoms with Gasteiger partial charge in [0.05, 0.1) is 0 Å². The first-order chi connectivity index (χ1) is 12.0. The highest BCUT2D eigenvalue weighted by molar-refractivity contribution is 5.81. The molecule has 4 nitrogen and oxygen atoms in total. The van der Waals surface area contributed by atoms with Crippen LogP contribution in [0.15, 0.2) is 23.2 Å². The van der Waals surface area contributed by atoms with Crippen LogP contribution >= 0.6 is 0 Å². The van der Waals surface area contributed by atoms with Gasteiger partial charge >= 0.3 is 0 Å². The summed E-state index contributed by atoms with van der Waals surface area (Å²) in [6.07, 6.45) is 0.740. The lowest BCUT2D eigenvalue weighted by molar-refractivity contribution is 0.164. The third-order valence-electron chi connectivity index (χ3n) is 4.98. The molecule has 1 saturated carbocycles. The van der Waals surface area contributed by atoms with Gasteiger partial charge in [0.25, 0.3) is 0 Å². The number of halogens is 2. The minimum atomic E-state index is -0.452. The van der Waals surface area contributed by atoms with Crippen molar-refractivity contribution >= 4 is 5.96 Å². The Bertz CT molecular complexity index is 604. The number of benzene rings is 1. The molecule has 3 rings (SSSR count). The van der Waals surface area contributed by atoms with E-state index in [0.717, 1.165) is 45.1 Å². The SMILES string of the molecule is CN=C(NC1CC1c1c(F)cccc1F)N1CCN(CC(C)C)CC1. The summed E-state index contributed by atoms with van der Waals surface area (Å²) < 4.78 is 27.8. The molecule has 138 valence electrons. The average Bonchev–Trinajstić information content (AvgIpc) is 3.31. The van der Waals surface area contributed by atoms with Gasteiger partial charge in [-0.3, -0.25) is 9.89 Å². The van der Waals surface area contributed by atoms with Crippen LogP contribution in [0.4, 0.5) is 8.78 Å². The number of guanidine groups is 1. The molecule has 0 amide bonds. The van der Waals surface area contributed by atoms with Crippen LogP contribution in [0.5, 0.6) is 0 Å². The van der Waals surface area contributed by atoms with Crippen molar-refractivity contribution in [3.8, 4) is 0 Å². The molecule has 1 saturated heterocycles. The van der Waals surface area contributed by atoms with Crippen molar-refractivity contribution < 1.29 is 8.78 Å². The van der Waals surface area contributed by atoms with Crippen LogP contribution in [0.1, 0.15) is 31.7 Å². The van der Waals surface area contributed by atoms with Crippen molar-refractivity contribution in [3.05, 3.63) is 35.4 Å². The largest absolute Gasteiger partial charge is 0.353 e. The summed E-state index contributed by atoms with van der Waals surface area (Å²) in [5.41, 5.74) is 0.206. The van der Waals surface area contributed by atoms with Gasteiger partial charge in [-0.05, 0) is 24.5 Å². The molecule has 6 heteroatoms. The van der Waals surface area contributed by atoms with Crippen LogP contribution in [0.2, 0.25) is 0 Å². The van der Waals surface area contributed by atoms with E-state index in [1.54, 1.807) is 7.05 Å². The molecule has 2 fully saturated rings. The third kappa shape index (κ3) is 4.29. The Labute approximate surface area is 148 Å². The molecule has 1 aromatic rings. The normalized spacial score (nSPS) is 24.7. The van der Waals surface area contributed by atoms with Gasteiger partial charge in [0.2, 0.25) is 0 Å². The van der Waals surface area contributed by atoms with Crippen molar-refractivity contribution in [1.29, 1.82) is 0 Å². The van der Waals surface area contributed by atoms with Gasteiger partial charge in [0.15, 0.2) is 5.96 Å². The van der Waals surface area contributed by atoms with Crippen LogP contribution in [-0.2, 0) is 0 Å². The van der Waals surface area contributed by atoms with Gasteiger partial charge in [0, 0.05) is 57.3 Å². The smallest absolute Gasteiger partial charge is 0.193 e. The summed E-state index contributed by atoms with van der Waals surface area (Å²) in [7, 11) is 1.77. The Balaban J connectivity index is 1.55. The second-order valence-electron chi connectivity index (χ2n) is 7.46. The molecule has 1 aliphatic heterocycles. The number of nitrogens with one attached hydrogen (secondary N) is 1. The molecule has 0 bridgehead atoms. The van der Waals surface area contributed by atoms with E-state index in [-0.39, 0.29) is 17.5 Å². The highest BCUT2D eigenvalue weighted by atomic mass is 19.1. The van der Waals surface area contributed by atoms with Crippen molar-refractivity contribution in [3.63, 3.8) is 0 Å². The number of aliphatic imine (C=N–C) groups is 1. The molecule has 0 spiro atoms. The molecule has 1 aromatic carbocycles. The quantitative estimate of drug-likeness (QED) is 0.669. The summed E-state index contributed by atoms with van der Waals surface area (Å²) >= 11 is 0. The molecular formula is C19H28F2N4. The number of hydrogen-bond acceptors (Lipinski definition) is 2. The van der Waals surface area contributed by atoms with E-state index in [2.05, 4.69) is 34.0 Å². The first kappa shape index (κ1) is 18.1. The molecule has 2 atom stereocenters. The molecule has 1 heterocycles. The minimum absolute atomic E-state index is 0.0544. The molecule has 0 aromatic heterocycles. The lowest BCUT2D eigenvalue weighted by Gasteiger charge is -2.37. The van der Waals surface area contributed by atoms with E-state index in [1.165, 1.54) is 18.2 Å². The van der Waals surface area contributed by atoms with Crippen molar-refractivity contribution in [2.24, 2.45) is 10.9 Å². The Morgan fingerprint density at radius 2 is 1.84 bits per heavy atom. The lowest BCUT2D eigenvalue weighted by Crippen LogP contribution is -2.53. The van der Waals surface area contributed by atoms with Gasteiger partial charge in [-0.25, -0.2) is 8.78 Å². The number of piperazine rings is 1. The Morgan fingerprint density at radius 1 is 1.20 bits per heavy atom. The van der Waals surface area contributed by atoms with E-state index >= 15 is 0 Å². The molecular weight excluding hydrogens is 322 g/mol. The number of nitrogens with zero attached hydrogens (tertiary/aromatic N) is 3. The van der Waals surface area contributed by atoms with Gasteiger partial charge in [-0.1, -0.05) is 19.9 Å². The van der Waals surface area contributed by atoms with Crippen LogP contribution in [0, 0.1) is 17.6 Å². The zero-order valence-electron chi connectivity index (χ0n) is 15.3. The van der Waals surface area contributed by atoms with Gasteiger partial charge in [-0.2, -0.15) is 0 Å². The van der Waals surface area contributed by atoms with E-state index in [0.29, 0.717) is 5.92 Å². The van der Waals surface area contributed by atoms with Crippen LogP contribution in [0.3, 0.4) is 0 Å². The molecule has 1 N–H and O–H groups in total. The second-order valence-corrected chi connectivity index (χ2v) is 7.46. The first-order valence-corrected chi connectivity index (χ1v) is 9.14. The topological polar surface area (TPSA) is 30.9 Å². The highest BCUT2D eigenvalue weighted by Crippen LogP contribution is 2.43. The fraction of sp³-hybridized carbons (Fsp3) is 0.632. The molecule has 2 aliphatic rings. The Hall–Kier alpha value is -1.69. The van der Waals surface area contributed by atoms with Crippen LogP contribution in [0.25, 0.3) is 0 Å².